The Bertz CT molecular complexity index is 810. The summed E-state index contributed by atoms with van der Waals surface area (Å²) in [6.07, 6.45) is 3.97. The number of thioether (sulfide) groups is 1. The maximum atomic E-state index is 12.6. The largest absolute Gasteiger partial charge is 0.288 e. The standard InChI is InChI=1S/C20H17NOS2/c1-15(12-16-8-4-2-5-9-16)13-18-19(22)21(20(23)24-18)14-17-10-6-3-7-11-17/h2-13H,14H2,1H3/b15-12+,18-13+. The summed E-state index contributed by atoms with van der Waals surface area (Å²) in [5.74, 6) is -0.0188. The molecule has 3 rings (SSSR count). The molecule has 0 aromatic heterocycles. The van der Waals surface area contributed by atoms with Gasteiger partial charge in [-0.1, -0.05) is 90.7 Å². The number of thiocarbonyl (C=S) groups is 1. The van der Waals surface area contributed by atoms with Crippen LogP contribution in [-0.4, -0.2) is 15.1 Å². The van der Waals surface area contributed by atoms with Crippen LogP contribution in [0.1, 0.15) is 18.1 Å². The van der Waals surface area contributed by atoms with E-state index in [0.29, 0.717) is 15.8 Å². The highest BCUT2D eigenvalue weighted by atomic mass is 32.2. The molecule has 120 valence electrons. The molecule has 24 heavy (non-hydrogen) atoms. The average molecular weight is 351 g/mol. The number of hydrogen-bond acceptors (Lipinski definition) is 3. The highest BCUT2D eigenvalue weighted by Gasteiger charge is 2.31. The minimum absolute atomic E-state index is 0.0188. The van der Waals surface area contributed by atoms with Gasteiger partial charge in [0.25, 0.3) is 5.91 Å². The number of benzene rings is 2. The average Bonchev–Trinajstić information content (AvgIpc) is 2.84. The Morgan fingerprint density at radius 3 is 2.38 bits per heavy atom. The van der Waals surface area contributed by atoms with Gasteiger partial charge in [-0.3, -0.25) is 9.69 Å². The highest BCUT2D eigenvalue weighted by molar-refractivity contribution is 8.26. The summed E-state index contributed by atoms with van der Waals surface area (Å²) in [4.78, 5) is 15.0. The van der Waals surface area contributed by atoms with Crippen LogP contribution in [0, 0.1) is 0 Å². The van der Waals surface area contributed by atoms with Crippen molar-refractivity contribution in [1.82, 2.24) is 4.90 Å². The minimum Gasteiger partial charge on any atom is -0.288 e. The third-order valence-corrected chi connectivity index (χ3v) is 4.99. The maximum absolute atomic E-state index is 12.6. The SMILES string of the molecule is CC(=C\c1ccccc1)/C=C1/SC(=S)N(Cc2ccccc2)C1=O. The topological polar surface area (TPSA) is 20.3 Å². The quantitative estimate of drug-likeness (QED) is 0.569. The summed E-state index contributed by atoms with van der Waals surface area (Å²) in [5.41, 5.74) is 3.22. The minimum atomic E-state index is -0.0188. The smallest absolute Gasteiger partial charge is 0.266 e. The molecule has 1 heterocycles. The van der Waals surface area contributed by atoms with Crippen molar-refractivity contribution >= 4 is 40.3 Å². The lowest BCUT2D eigenvalue weighted by Gasteiger charge is -2.14. The van der Waals surface area contributed by atoms with Crippen LogP contribution >= 0.6 is 24.0 Å². The van der Waals surface area contributed by atoms with Crippen LogP contribution in [0.4, 0.5) is 0 Å². The Morgan fingerprint density at radius 1 is 1.08 bits per heavy atom. The van der Waals surface area contributed by atoms with E-state index in [1.54, 1.807) is 4.90 Å². The van der Waals surface area contributed by atoms with Crippen molar-refractivity contribution in [3.05, 3.63) is 88.3 Å². The molecule has 2 aromatic rings. The molecular weight excluding hydrogens is 334 g/mol. The Hall–Kier alpha value is -2.17. The molecule has 0 unspecified atom stereocenters. The summed E-state index contributed by atoms with van der Waals surface area (Å²) in [7, 11) is 0. The van der Waals surface area contributed by atoms with Crippen LogP contribution in [0.2, 0.25) is 0 Å². The summed E-state index contributed by atoms with van der Waals surface area (Å²) < 4.78 is 0.614. The molecule has 1 saturated heterocycles. The first kappa shape index (κ1) is 16.7. The Morgan fingerprint density at radius 2 is 1.71 bits per heavy atom. The molecule has 0 N–H and O–H groups in total. The molecule has 1 amide bonds. The molecule has 2 aromatic carbocycles. The summed E-state index contributed by atoms with van der Waals surface area (Å²) in [6.45, 7) is 2.51. The predicted molar refractivity (Wildman–Crippen MR) is 105 cm³/mol. The number of amides is 1. The number of nitrogens with zero attached hydrogens (tertiary/aromatic N) is 1. The molecule has 1 fully saturated rings. The zero-order chi connectivity index (χ0) is 16.9. The lowest BCUT2D eigenvalue weighted by Crippen LogP contribution is -2.27. The van der Waals surface area contributed by atoms with Gasteiger partial charge in [-0.25, -0.2) is 0 Å². The Labute approximate surface area is 151 Å². The van der Waals surface area contributed by atoms with Gasteiger partial charge in [0.15, 0.2) is 0 Å². The monoisotopic (exact) mass is 351 g/mol. The number of hydrogen-bond donors (Lipinski definition) is 0. The van der Waals surface area contributed by atoms with Crippen molar-refractivity contribution in [1.29, 1.82) is 0 Å². The van der Waals surface area contributed by atoms with E-state index in [-0.39, 0.29) is 5.91 Å². The summed E-state index contributed by atoms with van der Waals surface area (Å²) in [5, 5.41) is 0. The van der Waals surface area contributed by atoms with Crippen LogP contribution in [0.15, 0.2) is 77.2 Å². The van der Waals surface area contributed by atoms with Crippen LogP contribution in [0.25, 0.3) is 6.08 Å². The van der Waals surface area contributed by atoms with Crippen molar-refractivity contribution in [2.24, 2.45) is 0 Å². The predicted octanol–water partition coefficient (Wildman–Crippen LogP) is 5.03. The zero-order valence-electron chi connectivity index (χ0n) is 13.3. The van der Waals surface area contributed by atoms with Gasteiger partial charge in [0.2, 0.25) is 0 Å². The second-order valence-electron chi connectivity index (χ2n) is 5.55. The maximum Gasteiger partial charge on any atom is 0.266 e. The molecule has 0 bridgehead atoms. The molecule has 1 aliphatic heterocycles. The van der Waals surface area contributed by atoms with Crippen LogP contribution in [0.5, 0.6) is 0 Å². The van der Waals surface area contributed by atoms with Gasteiger partial charge in [0.05, 0.1) is 11.4 Å². The van der Waals surface area contributed by atoms with E-state index in [4.69, 9.17) is 12.2 Å². The number of carbonyl (C=O) groups is 1. The number of rotatable bonds is 4. The van der Waals surface area contributed by atoms with E-state index in [2.05, 4.69) is 6.08 Å². The van der Waals surface area contributed by atoms with Gasteiger partial charge in [-0.05, 0) is 29.7 Å². The molecule has 0 radical (unpaired) electrons. The zero-order valence-corrected chi connectivity index (χ0v) is 14.9. The summed E-state index contributed by atoms with van der Waals surface area (Å²) >= 11 is 6.75. The molecule has 0 spiro atoms. The number of carbonyl (C=O) groups excluding carboxylic acids is 1. The second kappa shape index (κ2) is 7.60. The van der Waals surface area contributed by atoms with E-state index in [0.717, 1.165) is 16.7 Å². The first-order valence-electron chi connectivity index (χ1n) is 7.66. The highest BCUT2D eigenvalue weighted by Crippen LogP contribution is 2.33. The van der Waals surface area contributed by atoms with Crippen LogP contribution < -0.4 is 0 Å². The van der Waals surface area contributed by atoms with Crippen LogP contribution in [-0.2, 0) is 11.3 Å². The lowest BCUT2D eigenvalue weighted by molar-refractivity contribution is -0.122. The Balaban J connectivity index is 1.77. The molecule has 0 saturated carbocycles. The third kappa shape index (κ3) is 4.02. The van der Waals surface area contributed by atoms with Gasteiger partial charge in [-0.15, -0.1) is 0 Å². The number of allylic oxidation sites excluding steroid dienone is 2. The van der Waals surface area contributed by atoms with E-state index in [9.17, 15) is 4.79 Å². The van der Waals surface area contributed by atoms with E-state index in [1.807, 2.05) is 73.7 Å². The first-order chi connectivity index (χ1) is 11.6. The van der Waals surface area contributed by atoms with E-state index < -0.39 is 0 Å². The van der Waals surface area contributed by atoms with Crippen molar-refractivity contribution < 1.29 is 4.79 Å². The van der Waals surface area contributed by atoms with Gasteiger partial charge < -0.3 is 0 Å². The third-order valence-electron chi connectivity index (χ3n) is 3.61. The molecule has 2 nitrogen and oxygen atoms in total. The van der Waals surface area contributed by atoms with Gasteiger partial charge >= 0.3 is 0 Å². The van der Waals surface area contributed by atoms with Crippen molar-refractivity contribution in [2.45, 2.75) is 13.5 Å². The van der Waals surface area contributed by atoms with E-state index >= 15 is 0 Å². The van der Waals surface area contributed by atoms with Crippen LogP contribution in [0.3, 0.4) is 0 Å². The van der Waals surface area contributed by atoms with Gasteiger partial charge in [0, 0.05) is 0 Å². The summed E-state index contributed by atoms with van der Waals surface area (Å²) in [6, 6.07) is 20.0. The normalized spacial score (nSPS) is 17.0. The fraction of sp³-hybridized carbons (Fsp3) is 0.100. The molecule has 0 aliphatic carbocycles. The first-order valence-corrected chi connectivity index (χ1v) is 8.88. The Kier molecular flexibility index (Phi) is 5.28. The second-order valence-corrected chi connectivity index (χ2v) is 7.23. The molecule has 4 heteroatoms. The van der Waals surface area contributed by atoms with Gasteiger partial charge in [-0.2, -0.15) is 0 Å². The fourth-order valence-electron chi connectivity index (χ4n) is 2.46. The van der Waals surface area contributed by atoms with Gasteiger partial charge in [0.1, 0.15) is 4.32 Å². The van der Waals surface area contributed by atoms with E-state index in [1.165, 1.54) is 11.8 Å². The lowest BCUT2D eigenvalue weighted by atomic mass is 10.1. The molecular formula is C20H17NOS2. The fourth-order valence-corrected chi connectivity index (χ4v) is 3.77. The van der Waals surface area contributed by atoms with Crippen molar-refractivity contribution in [3.8, 4) is 0 Å². The molecule has 1 aliphatic rings. The van der Waals surface area contributed by atoms with Crippen molar-refractivity contribution in [3.63, 3.8) is 0 Å². The molecule has 0 atom stereocenters. The van der Waals surface area contributed by atoms with Crippen molar-refractivity contribution in [2.75, 3.05) is 0 Å².